The number of ether oxygens (including phenoxy) is 2. The third-order valence-corrected chi connectivity index (χ3v) is 8.53. The minimum absolute atomic E-state index is 0.0532. The molecule has 6 rings (SSSR count). The van der Waals surface area contributed by atoms with Gasteiger partial charge in [0.15, 0.2) is 0 Å². The Bertz CT molecular complexity index is 2200. The maximum atomic E-state index is 15.4. The van der Waals surface area contributed by atoms with Crippen molar-refractivity contribution >= 4 is 34.3 Å². The second kappa shape index (κ2) is 13.7. The van der Waals surface area contributed by atoms with Crippen LogP contribution in [0.1, 0.15) is 58.7 Å². The highest BCUT2D eigenvalue weighted by molar-refractivity contribution is 6.31. The molecule has 1 fully saturated rings. The van der Waals surface area contributed by atoms with Crippen LogP contribution in [0.2, 0.25) is 5.02 Å². The van der Waals surface area contributed by atoms with Crippen molar-refractivity contribution in [1.82, 2.24) is 25.1 Å². The van der Waals surface area contributed by atoms with E-state index in [-0.39, 0.29) is 51.7 Å². The van der Waals surface area contributed by atoms with Crippen LogP contribution in [-0.4, -0.2) is 56.9 Å². The molecule has 3 aromatic heterocycles. The lowest BCUT2D eigenvalue weighted by molar-refractivity contribution is -0.117. The van der Waals surface area contributed by atoms with Gasteiger partial charge >= 0.3 is 0 Å². The molecular formula is C35H30ClF2N7O5. The topological polar surface area (TPSA) is 178 Å². The number of carbonyl (C=O) groups excluding carboxylic acids is 2. The van der Waals surface area contributed by atoms with Crippen molar-refractivity contribution in [2.45, 2.75) is 37.8 Å². The van der Waals surface area contributed by atoms with Crippen molar-refractivity contribution in [3.8, 4) is 28.8 Å². The molecule has 2 amide bonds. The molecule has 1 aliphatic rings. The number of nitrogens with two attached hydrogens (primary N) is 1. The van der Waals surface area contributed by atoms with E-state index in [9.17, 15) is 24.3 Å². The molecule has 15 heteroatoms. The number of methoxy groups -OCH3 is 1. The molecule has 0 radical (unpaired) electrons. The Morgan fingerprint density at radius 3 is 2.66 bits per heavy atom. The van der Waals surface area contributed by atoms with Gasteiger partial charge in [0.1, 0.15) is 51.7 Å². The lowest BCUT2D eigenvalue weighted by Gasteiger charge is -2.30. The van der Waals surface area contributed by atoms with Gasteiger partial charge in [0, 0.05) is 40.5 Å². The Labute approximate surface area is 289 Å². The molecule has 1 atom stereocenters. The molecule has 256 valence electrons. The van der Waals surface area contributed by atoms with Crippen molar-refractivity contribution in [3.05, 3.63) is 99.6 Å². The molecule has 0 unspecified atom stereocenters. The minimum Gasteiger partial charge on any atom is -0.494 e. The Morgan fingerprint density at radius 2 is 1.98 bits per heavy atom. The van der Waals surface area contributed by atoms with Crippen molar-refractivity contribution in [3.63, 3.8) is 0 Å². The van der Waals surface area contributed by atoms with Gasteiger partial charge in [-0.1, -0.05) is 11.6 Å². The smallest absolute Gasteiger partial charge is 0.251 e. The van der Waals surface area contributed by atoms with Crippen molar-refractivity contribution in [2.75, 3.05) is 20.3 Å². The standard InChI is InChI=1S/C35H30ClF2N7O5/c1-3-50-33-18(11-30(40)46)10-29(43-32(33)24-13-25(36)27(38)14-26(24)37)35(48,21-6-7-41-22(12-21)15-39)17-42-34(47)19-8-20-16-45(23-4-5-23)44-31(20)28(9-19)49-2/h6-10,12-14,16,23,48H,3-5,11,17H2,1-2H3,(H2,40,46)(H,42,47)/t35-/m1/s1. The van der Waals surface area contributed by atoms with Crippen molar-refractivity contribution in [2.24, 2.45) is 5.73 Å². The van der Waals surface area contributed by atoms with Crippen LogP contribution in [0.4, 0.5) is 8.78 Å². The highest BCUT2D eigenvalue weighted by Gasteiger charge is 2.37. The molecule has 0 aliphatic heterocycles. The monoisotopic (exact) mass is 701 g/mol. The van der Waals surface area contributed by atoms with Gasteiger partial charge in [0.05, 0.1) is 43.4 Å². The summed E-state index contributed by atoms with van der Waals surface area (Å²) < 4.78 is 42.8. The summed E-state index contributed by atoms with van der Waals surface area (Å²) >= 11 is 6.04. The quantitative estimate of drug-likeness (QED) is 0.155. The predicted octanol–water partition coefficient (Wildman–Crippen LogP) is 4.73. The maximum absolute atomic E-state index is 15.4. The van der Waals surface area contributed by atoms with Crippen LogP contribution >= 0.6 is 11.6 Å². The molecular weight excluding hydrogens is 672 g/mol. The molecule has 0 bridgehead atoms. The summed E-state index contributed by atoms with van der Waals surface area (Å²) in [6.07, 6.45) is 4.72. The number of amides is 2. The molecule has 3 heterocycles. The number of fused-ring (bicyclic) bond motifs is 1. The van der Waals surface area contributed by atoms with E-state index in [1.807, 2.05) is 16.9 Å². The molecule has 0 saturated heterocycles. The van der Waals surface area contributed by atoms with E-state index in [4.69, 9.17) is 26.8 Å². The average Bonchev–Trinajstić information content (AvgIpc) is 3.87. The number of aliphatic hydroxyl groups is 1. The zero-order chi connectivity index (χ0) is 35.7. The lowest BCUT2D eigenvalue weighted by atomic mass is 9.87. The molecule has 0 spiro atoms. The summed E-state index contributed by atoms with van der Waals surface area (Å²) in [4.78, 5) is 34.5. The van der Waals surface area contributed by atoms with E-state index in [1.54, 1.807) is 13.0 Å². The molecule has 4 N–H and O–H groups in total. The molecule has 2 aromatic carbocycles. The van der Waals surface area contributed by atoms with Gasteiger partial charge in [-0.15, -0.1) is 0 Å². The largest absolute Gasteiger partial charge is 0.494 e. The molecule has 50 heavy (non-hydrogen) atoms. The van der Waals surface area contributed by atoms with Gasteiger partial charge in [0.2, 0.25) is 5.91 Å². The second-order valence-electron chi connectivity index (χ2n) is 11.7. The number of halogens is 3. The van der Waals surface area contributed by atoms with Crippen molar-refractivity contribution < 1.29 is 33.0 Å². The van der Waals surface area contributed by atoms with Crippen LogP contribution in [-0.2, 0) is 16.8 Å². The molecule has 12 nitrogen and oxygen atoms in total. The first kappa shape index (κ1) is 34.2. The number of hydrogen-bond donors (Lipinski definition) is 3. The zero-order valence-corrected chi connectivity index (χ0v) is 27.6. The zero-order valence-electron chi connectivity index (χ0n) is 26.8. The first-order valence-corrected chi connectivity index (χ1v) is 15.9. The number of primary amides is 1. The predicted molar refractivity (Wildman–Crippen MR) is 178 cm³/mol. The number of aromatic nitrogens is 4. The van der Waals surface area contributed by atoms with Crippen LogP contribution in [0.15, 0.2) is 54.9 Å². The summed E-state index contributed by atoms with van der Waals surface area (Å²) in [7, 11) is 1.47. The summed E-state index contributed by atoms with van der Waals surface area (Å²) in [6.45, 7) is 1.17. The number of carbonyl (C=O) groups is 2. The Kier molecular flexibility index (Phi) is 9.37. The lowest BCUT2D eigenvalue weighted by Crippen LogP contribution is -2.42. The van der Waals surface area contributed by atoms with Gasteiger partial charge < -0.3 is 25.6 Å². The van der Waals surface area contributed by atoms with Gasteiger partial charge in [-0.05, 0) is 61.7 Å². The first-order chi connectivity index (χ1) is 23.9. The number of nitriles is 1. The highest BCUT2D eigenvalue weighted by atomic mass is 35.5. The molecule has 1 saturated carbocycles. The number of rotatable bonds is 12. The van der Waals surface area contributed by atoms with Crippen LogP contribution < -0.4 is 20.5 Å². The highest BCUT2D eigenvalue weighted by Crippen LogP contribution is 2.40. The number of pyridine rings is 2. The van der Waals surface area contributed by atoms with Crippen LogP contribution in [0.3, 0.4) is 0 Å². The SMILES string of the molecule is CCOc1c(CC(N)=O)cc([C@@](O)(CNC(=O)c2cc(OC)c3nn(C4CC4)cc3c2)c2ccnc(C#N)c2)nc1-c1cc(Cl)c(F)cc1F. The Balaban J connectivity index is 1.49. The van der Waals surface area contributed by atoms with Gasteiger partial charge in [-0.3, -0.25) is 14.3 Å². The number of hydrogen-bond acceptors (Lipinski definition) is 9. The van der Waals surface area contributed by atoms with Crippen LogP contribution in [0, 0.1) is 23.0 Å². The van der Waals surface area contributed by atoms with E-state index in [0.717, 1.165) is 18.9 Å². The second-order valence-corrected chi connectivity index (χ2v) is 12.1. The van der Waals surface area contributed by atoms with Gasteiger partial charge in [-0.2, -0.15) is 10.4 Å². The fourth-order valence-electron chi connectivity index (χ4n) is 5.64. The van der Waals surface area contributed by atoms with Crippen LogP contribution in [0.5, 0.6) is 11.5 Å². The van der Waals surface area contributed by atoms with Gasteiger partial charge in [-0.25, -0.2) is 18.7 Å². The minimum atomic E-state index is -2.23. The third-order valence-electron chi connectivity index (χ3n) is 8.24. The first-order valence-electron chi connectivity index (χ1n) is 15.5. The Hall–Kier alpha value is -5.65. The molecule has 5 aromatic rings. The Morgan fingerprint density at radius 1 is 1.20 bits per heavy atom. The number of benzene rings is 2. The van der Waals surface area contributed by atoms with E-state index < -0.39 is 47.0 Å². The van der Waals surface area contributed by atoms with Crippen molar-refractivity contribution in [1.29, 1.82) is 5.26 Å². The van der Waals surface area contributed by atoms with E-state index >= 15 is 4.39 Å². The molecule has 1 aliphatic carbocycles. The van der Waals surface area contributed by atoms with Gasteiger partial charge in [0.25, 0.3) is 5.91 Å². The fraction of sp³-hybridized carbons (Fsp3) is 0.257. The average molecular weight is 702 g/mol. The third kappa shape index (κ3) is 6.65. The summed E-state index contributed by atoms with van der Waals surface area (Å²) in [5, 5.41) is 29.7. The fourth-order valence-corrected chi connectivity index (χ4v) is 5.81. The van der Waals surface area contributed by atoms with E-state index in [1.165, 1.54) is 37.6 Å². The maximum Gasteiger partial charge on any atom is 0.251 e. The summed E-state index contributed by atoms with van der Waals surface area (Å²) in [5.41, 5.74) is 3.55. The van der Waals surface area contributed by atoms with Crippen LogP contribution in [0.25, 0.3) is 22.2 Å². The summed E-state index contributed by atoms with van der Waals surface area (Å²) in [6, 6.07) is 11.0. The summed E-state index contributed by atoms with van der Waals surface area (Å²) in [5.74, 6) is -3.13. The number of nitrogens with zero attached hydrogens (tertiary/aromatic N) is 5. The number of nitrogens with one attached hydrogen (secondary N) is 1. The van der Waals surface area contributed by atoms with E-state index in [0.29, 0.717) is 28.8 Å². The normalized spacial score (nSPS) is 13.8. The van der Waals surface area contributed by atoms with E-state index in [2.05, 4.69) is 20.4 Å².